The molecule has 0 saturated heterocycles. The van der Waals surface area contributed by atoms with E-state index >= 15 is 0 Å². The first-order valence-electron chi connectivity index (χ1n) is 5.55. The number of aliphatic hydroxyl groups is 1. The Kier molecular flexibility index (Phi) is 8.35. The van der Waals surface area contributed by atoms with Crippen LogP contribution in [0.4, 0.5) is 0 Å². The molecule has 0 atom stereocenters. The van der Waals surface area contributed by atoms with Gasteiger partial charge in [0, 0.05) is 6.61 Å². The van der Waals surface area contributed by atoms with Crippen molar-refractivity contribution in [3.8, 4) is 11.5 Å². The van der Waals surface area contributed by atoms with Gasteiger partial charge in [-0.25, -0.2) is 0 Å². The Hall–Kier alpha value is -1.22. The molecule has 1 aromatic carbocycles. The summed E-state index contributed by atoms with van der Waals surface area (Å²) in [7, 11) is 3.20. The van der Waals surface area contributed by atoms with E-state index in [1.165, 1.54) is 6.42 Å². The standard InChI is InChI=1S/C10H14O3.C3H8/c1-12-9-4-3-8(5-6-11)7-10(9)13-2;1-3-2/h3-4,7,11H,5-6H2,1-2H3;3H2,1-2H3. The summed E-state index contributed by atoms with van der Waals surface area (Å²) in [5, 5.41) is 8.74. The largest absolute Gasteiger partial charge is 0.493 e. The molecule has 0 aliphatic carbocycles. The number of ether oxygens (including phenoxy) is 2. The van der Waals surface area contributed by atoms with Crippen LogP contribution in [0.25, 0.3) is 0 Å². The maximum atomic E-state index is 8.74. The highest BCUT2D eigenvalue weighted by Crippen LogP contribution is 2.27. The number of rotatable bonds is 4. The molecule has 1 N–H and O–H groups in total. The molecule has 0 heterocycles. The Bertz CT molecular complexity index is 285. The van der Waals surface area contributed by atoms with Crippen molar-refractivity contribution in [3.05, 3.63) is 23.8 Å². The fourth-order valence-corrected chi connectivity index (χ4v) is 1.17. The van der Waals surface area contributed by atoms with Gasteiger partial charge in [-0.15, -0.1) is 0 Å². The third kappa shape index (κ3) is 5.03. The molecule has 3 heteroatoms. The molecule has 0 aromatic heterocycles. The van der Waals surface area contributed by atoms with E-state index < -0.39 is 0 Å². The van der Waals surface area contributed by atoms with Gasteiger partial charge in [0.25, 0.3) is 0 Å². The van der Waals surface area contributed by atoms with Crippen molar-refractivity contribution in [3.63, 3.8) is 0 Å². The van der Waals surface area contributed by atoms with Crippen molar-refractivity contribution in [1.82, 2.24) is 0 Å². The normalized spacial score (nSPS) is 9.06. The molecule has 0 amide bonds. The maximum Gasteiger partial charge on any atom is 0.160 e. The van der Waals surface area contributed by atoms with Crippen LogP contribution >= 0.6 is 0 Å². The highest BCUT2D eigenvalue weighted by Gasteiger charge is 2.03. The summed E-state index contributed by atoms with van der Waals surface area (Å²) in [5.74, 6) is 1.41. The van der Waals surface area contributed by atoms with Crippen molar-refractivity contribution in [2.45, 2.75) is 26.7 Å². The van der Waals surface area contributed by atoms with Gasteiger partial charge in [0.1, 0.15) is 0 Å². The van der Waals surface area contributed by atoms with Crippen LogP contribution in [0, 0.1) is 0 Å². The molecular weight excluding hydrogens is 204 g/mol. The highest BCUT2D eigenvalue weighted by molar-refractivity contribution is 5.42. The fraction of sp³-hybridized carbons (Fsp3) is 0.538. The van der Waals surface area contributed by atoms with E-state index in [9.17, 15) is 0 Å². The lowest BCUT2D eigenvalue weighted by atomic mass is 10.1. The summed E-state index contributed by atoms with van der Waals surface area (Å²) in [6.45, 7) is 4.40. The molecule has 92 valence electrons. The number of aliphatic hydroxyl groups excluding tert-OH is 1. The van der Waals surface area contributed by atoms with E-state index in [4.69, 9.17) is 14.6 Å². The molecule has 1 aromatic rings. The first-order valence-corrected chi connectivity index (χ1v) is 5.55. The molecule has 0 spiro atoms. The second kappa shape index (κ2) is 9.04. The van der Waals surface area contributed by atoms with E-state index in [2.05, 4.69) is 13.8 Å². The Morgan fingerprint density at radius 3 is 2.06 bits per heavy atom. The zero-order chi connectivity index (χ0) is 12.4. The van der Waals surface area contributed by atoms with Crippen LogP contribution in [0.15, 0.2) is 18.2 Å². The zero-order valence-electron chi connectivity index (χ0n) is 10.6. The van der Waals surface area contributed by atoms with Gasteiger partial charge < -0.3 is 14.6 Å². The van der Waals surface area contributed by atoms with E-state index in [0.717, 1.165) is 5.56 Å². The van der Waals surface area contributed by atoms with Crippen LogP contribution in [0.2, 0.25) is 0 Å². The number of hydrogen-bond acceptors (Lipinski definition) is 3. The molecule has 0 bridgehead atoms. The van der Waals surface area contributed by atoms with Crippen molar-refractivity contribution in [2.24, 2.45) is 0 Å². The average molecular weight is 226 g/mol. The number of methoxy groups -OCH3 is 2. The average Bonchev–Trinajstić information content (AvgIpc) is 2.30. The number of benzene rings is 1. The summed E-state index contributed by atoms with van der Waals surface area (Å²) in [6, 6.07) is 5.62. The predicted octanol–water partition coefficient (Wildman–Crippen LogP) is 2.65. The lowest BCUT2D eigenvalue weighted by molar-refractivity contribution is 0.299. The van der Waals surface area contributed by atoms with Crippen LogP contribution < -0.4 is 9.47 Å². The molecule has 0 saturated carbocycles. The minimum absolute atomic E-state index is 0.148. The molecule has 0 aliphatic heterocycles. The summed E-state index contributed by atoms with van der Waals surface area (Å²) in [5.41, 5.74) is 1.04. The number of hydrogen-bond donors (Lipinski definition) is 1. The molecule has 3 nitrogen and oxygen atoms in total. The van der Waals surface area contributed by atoms with Gasteiger partial charge in [0.2, 0.25) is 0 Å². The molecule has 1 rings (SSSR count). The molecule has 0 aliphatic rings. The second-order valence-electron chi connectivity index (χ2n) is 3.37. The minimum atomic E-state index is 0.148. The molecular formula is C13H22O3. The zero-order valence-corrected chi connectivity index (χ0v) is 10.6. The molecule has 0 radical (unpaired) electrons. The summed E-state index contributed by atoms with van der Waals surface area (Å²) in [4.78, 5) is 0. The van der Waals surface area contributed by atoms with E-state index in [-0.39, 0.29) is 6.61 Å². The second-order valence-corrected chi connectivity index (χ2v) is 3.37. The first-order chi connectivity index (χ1) is 7.73. The highest BCUT2D eigenvalue weighted by atomic mass is 16.5. The van der Waals surface area contributed by atoms with E-state index in [0.29, 0.717) is 17.9 Å². The maximum absolute atomic E-state index is 8.74. The fourth-order valence-electron chi connectivity index (χ4n) is 1.17. The Morgan fingerprint density at radius 2 is 1.62 bits per heavy atom. The van der Waals surface area contributed by atoms with Crippen molar-refractivity contribution in [2.75, 3.05) is 20.8 Å². The van der Waals surface area contributed by atoms with Gasteiger partial charge in [0.15, 0.2) is 11.5 Å². The minimum Gasteiger partial charge on any atom is -0.493 e. The van der Waals surface area contributed by atoms with Crippen molar-refractivity contribution in [1.29, 1.82) is 0 Å². The van der Waals surface area contributed by atoms with Gasteiger partial charge in [-0.1, -0.05) is 26.3 Å². The summed E-state index contributed by atoms with van der Waals surface area (Å²) >= 11 is 0. The van der Waals surface area contributed by atoms with Crippen LogP contribution in [0.1, 0.15) is 25.8 Å². The lowest BCUT2D eigenvalue weighted by Crippen LogP contribution is -1.94. The Morgan fingerprint density at radius 1 is 1.06 bits per heavy atom. The van der Waals surface area contributed by atoms with Gasteiger partial charge in [-0.2, -0.15) is 0 Å². The van der Waals surface area contributed by atoms with E-state index in [1.807, 2.05) is 18.2 Å². The van der Waals surface area contributed by atoms with Crippen molar-refractivity contribution < 1.29 is 14.6 Å². The smallest absolute Gasteiger partial charge is 0.160 e. The Balaban J connectivity index is 0.000000673. The summed E-state index contributed by atoms with van der Waals surface area (Å²) in [6.07, 6.45) is 1.89. The van der Waals surface area contributed by atoms with Gasteiger partial charge in [0.05, 0.1) is 14.2 Å². The predicted molar refractivity (Wildman–Crippen MR) is 66.3 cm³/mol. The van der Waals surface area contributed by atoms with Gasteiger partial charge in [-0.3, -0.25) is 0 Å². The van der Waals surface area contributed by atoms with Crippen LogP contribution in [-0.4, -0.2) is 25.9 Å². The SMILES string of the molecule is CCC.COc1ccc(CCO)cc1OC. The third-order valence-corrected chi connectivity index (χ3v) is 1.85. The third-order valence-electron chi connectivity index (χ3n) is 1.85. The van der Waals surface area contributed by atoms with Gasteiger partial charge >= 0.3 is 0 Å². The van der Waals surface area contributed by atoms with Crippen LogP contribution in [0.3, 0.4) is 0 Å². The monoisotopic (exact) mass is 226 g/mol. The van der Waals surface area contributed by atoms with Crippen LogP contribution in [-0.2, 0) is 6.42 Å². The summed E-state index contributed by atoms with van der Waals surface area (Å²) < 4.78 is 10.2. The molecule has 0 unspecified atom stereocenters. The lowest BCUT2D eigenvalue weighted by Gasteiger charge is -2.08. The topological polar surface area (TPSA) is 38.7 Å². The first kappa shape index (κ1) is 14.8. The van der Waals surface area contributed by atoms with E-state index in [1.54, 1.807) is 14.2 Å². The Labute approximate surface area is 98.0 Å². The van der Waals surface area contributed by atoms with Gasteiger partial charge in [-0.05, 0) is 24.1 Å². The quantitative estimate of drug-likeness (QED) is 0.857. The van der Waals surface area contributed by atoms with Crippen LogP contribution in [0.5, 0.6) is 11.5 Å². The molecule has 16 heavy (non-hydrogen) atoms. The van der Waals surface area contributed by atoms with Crippen molar-refractivity contribution >= 4 is 0 Å². The molecule has 0 fully saturated rings.